The average molecular weight is 336 g/mol. The predicted molar refractivity (Wildman–Crippen MR) is 97.6 cm³/mol. The van der Waals surface area contributed by atoms with E-state index in [2.05, 4.69) is 0 Å². The van der Waals surface area contributed by atoms with Gasteiger partial charge in [-0.25, -0.2) is 8.42 Å². The summed E-state index contributed by atoms with van der Waals surface area (Å²) in [5.74, 6) is 0. The van der Waals surface area contributed by atoms with Gasteiger partial charge in [-0.05, 0) is 36.1 Å². The van der Waals surface area contributed by atoms with Crippen LogP contribution in [0, 0.1) is 0 Å². The van der Waals surface area contributed by atoms with E-state index in [-0.39, 0.29) is 0 Å². The highest BCUT2D eigenvalue weighted by Crippen LogP contribution is 2.32. The molecule has 0 fully saturated rings. The highest BCUT2D eigenvalue weighted by molar-refractivity contribution is 7.91. The van der Waals surface area contributed by atoms with Crippen LogP contribution in [0.1, 0.15) is 22.8 Å². The van der Waals surface area contributed by atoms with E-state index in [1.807, 2.05) is 66.7 Å². The summed E-state index contributed by atoms with van der Waals surface area (Å²) in [6.07, 6.45) is 1.29. The minimum Gasteiger partial charge on any atom is -0.223 e. The first kappa shape index (κ1) is 16.5. The van der Waals surface area contributed by atoms with E-state index in [4.69, 9.17) is 0 Å². The number of hydrogen-bond acceptors (Lipinski definition) is 2. The molecule has 0 amide bonds. The van der Waals surface area contributed by atoms with E-state index >= 15 is 0 Å². The summed E-state index contributed by atoms with van der Waals surface area (Å²) in [6.45, 7) is 0. The molecule has 3 rings (SSSR count). The van der Waals surface area contributed by atoms with Crippen molar-refractivity contribution in [2.75, 3.05) is 0 Å². The first-order valence-corrected chi connectivity index (χ1v) is 9.60. The molecule has 0 aliphatic carbocycles. The zero-order valence-electron chi connectivity index (χ0n) is 13.4. The summed E-state index contributed by atoms with van der Waals surface area (Å²) in [5.41, 5.74) is 2.00. The SMILES string of the molecule is O=S(=O)(c1ccccc1)C(CCc1ccccc1)c1ccccc1. The maximum Gasteiger partial charge on any atom is 0.185 e. The van der Waals surface area contributed by atoms with Gasteiger partial charge >= 0.3 is 0 Å². The summed E-state index contributed by atoms with van der Waals surface area (Å²) in [4.78, 5) is 0.381. The molecule has 1 unspecified atom stereocenters. The first-order chi connectivity index (χ1) is 11.7. The van der Waals surface area contributed by atoms with Gasteiger partial charge in [0.15, 0.2) is 9.84 Å². The monoisotopic (exact) mass is 336 g/mol. The lowest BCUT2D eigenvalue weighted by Gasteiger charge is -2.18. The molecule has 0 saturated heterocycles. The minimum absolute atomic E-state index is 0.381. The molecule has 2 nitrogen and oxygen atoms in total. The summed E-state index contributed by atoms with van der Waals surface area (Å²) in [6, 6.07) is 28.2. The van der Waals surface area contributed by atoms with Crippen LogP contribution < -0.4 is 0 Å². The van der Waals surface area contributed by atoms with E-state index in [9.17, 15) is 8.42 Å². The highest BCUT2D eigenvalue weighted by Gasteiger charge is 2.28. The second kappa shape index (κ2) is 7.45. The third-order valence-electron chi connectivity index (χ3n) is 4.16. The zero-order valence-corrected chi connectivity index (χ0v) is 14.2. The molecule has 3 heteroatoms. The predicted octanol–water partition coefficient (Wildman–Crippen LogP) is 4.83. The maximum absolute atomic E-state index is 13.2. The number of hydrogen-bond donors (Lipinski definition) is 0. The van der Waals surface area contributed by atoms with Crippen LogP contribution in [0.2, 0.25) is 0 Å². The molecule has 0 aliphatic rings. The average Bonchev–Trinajstić information content (AvgIpc) is 2.64. The molecule has 122 valence electrons. The van der Waals surface area contributed by atoms with Gasteiger partial charge in [0, 0.05) is 0 Å². The van der Waals surface area contributed by atoms with E-state index in [0.717, 1.165) is 17.5 Å². The van der Waals surface area contributed by atoms with E-state index in [1.54, 1.807) is 24.3 Å². The van der Waals surface area contributed by atoms with Crippen molar-refractivity contribution in [2.45, 2.75) is 23.0 Å². The Balaban J connectivity index is 1.94. The second-order valence-electron chi connectivity index (χ2n) is 5.78. The Hall–Kier alpha value is -2.39. The zero-order chi connectivity index (χ0) is 16.8. The van der Waals surface area contributed by atoms with Crippen molar-refractivity contribution in [2.24, 2.45) is 0 Å². The minimum atomic E-state index is -3.42. The Morgan fingerprint density at radius 3 is 1.75 bits per heavy atom. The van der Waals surface area contributed by atoms with Crippen LogP contribution in [0.15, 0.2) is 95.9 Å². The van der Waals surface area contributed by atoms with E-state index in [0.29, 0.717) is 11.3 Å². The molecule has 0 aliphatic heterocycles. The van der Waals surface area contributed by atoms with Gasteiger partial charge in [-0.3, -0.25) is 0 Å². The molecule has 24 heavy (non-hydrogen) atoms. The molecule has 0 saturated carbocycles. The van der Waals surface area contributed by atoms with Gasteiger partial charge in [0.05, 0.1) is 10.1 Å². The fraction of sp³-hybridized carbons (Fsp3) is 0.143. The molecule has 0 radical (unpaired) electrons. The third-order valence-corrected chi connectivity index (χ3v) is 6.34. The Morgan fingerprint density at radius 2 is 1.17 bits per heavy atom. The third kappa shape index (κ3) is 3.74. The van der Waals surface area contributed by atoms with Crippen molar-refractivity contribution < 1.29 is 8.42 Å². The van der Waals surface area contributed by atoms with Crippen LogP contribution in [-0.2, 0) is 16.3 Å². The lowest BCUT2D eigenvalue weighted by atomic mass is 10.0. The Morgan fingerprint density at radius 1 is 0.667 bits per heavy atom. The largest absolute Gasteiger partial charge is 0.223 e. The fourth-order valence-corrected chi connectivity index (χ4v) is 4.69. The summed E-state index contributed by atoms with van der Waals surface area (Å²) in [7, 11) is -3.42. The molecule has 0 N–H and O–H groups in total. The summed E-state index contributed by atoms with van der Waals surface area (Å²) >= 11 is 0. The van der Waals surface area contributed by atoms with Crippen LogP contribution in [0.3, 0.4) is 0 Å². The van der Waals surface area contributed by atoms with Crippen molar-refractivity contribution in [3.63, 3.8) is 0 Å². The van der Waals surface area contributed by atoms with Gasteiger partial charge in [0.25, 0.3) is 0 Å². The lowest BCUT2D eigenvalue weighted by Crippen LogP contribution is -2.15. The Labute approximate surface area is 143 Å². The van der Waals surface area contributed by atoms with Gasteiger partial charge < -0.3 is 0 Å². The van der Waals surface area contributed by atoms with Gasteiger partial charge in [-0.2, -0.15) is 0 Å². The quantitative estimate of drug-likeness (QED) is 0.646. The van der Waals surface area contributed by atoms with Gasteiger partial charge in [0.2, 0.25) is 0 Å². The van der Waals surface area contributed by atoms with Crippen LogP contribution in [0.4, 0.5) is 0 Å². The lowest BCUT2D eigenvalue weighted by molar-refractivity contribution is 0.575. The van der Waals surface area contributed by atoms with Gasteiger partial charge in [-0.15, -0.1) is 0 Å². The van der Waals surface area contributed by atoms with Crippen LogP contribution in [-0.4, -0.2) is 8.42 Å². The van der Waals surface area contributed by atoms with Crippen LogP contribution >= 0.6 is 0 Å². The molecule has 0 bridgehead atoms. The molecule has 3 aromatic rings. The second-order valence-corrected chi connectivity index (χ2v) is 7.91. The molecule has 0 heterocycles. The number of benzene rings is 3. The Bertz CT molecular complexity index is 857. The molecule has 0 spiro atoms. The number of rotatable bonds is 6. The van der Waals surface area contributed by atoms with Crippen molar-refractivity contribution in [1.29, 1.82) is 0 Å². The molecular formula is C21H20O2S. The highest BCUT2D eigenvalue weighted by atomic mass is 32.2. The van der Waals surface area contributed by atoms with Gasteiger partial charge in [-0.1, -0.05) is 78.9 Å². The van der Waals surface area contributed by atoms with Crippen molar-refractivity contribution in [3.8, 4) is 0 Å². The van der Waals surface area contributed by atoms with Gasteiger partial charge in [0.1, 0.15) is 0 Å². The molecule has 3 aromatic carbocycles. The van der Waals surface area contributed by atoms with E-state index < -0.39 is 15.1 Å². The van der Waals surface area contributed by atoms with Crippen molar-refractivity contribution in [1.82, 2.24) is 0 Å². The smallest absolute Gasteiger partial charge is 0.185 e. The first-order valence-electron chi connectivity index (χ1n) is 8.06. The van der Waals surface area contributed by atoms with Crippen LogP contribution in [0.5, 0.6) is 0 Å². The molecular weight excluding hydrogens is 316 g/mol. The Kier molecular flexibility index (Phi) is 5.11. The van der Waals surface area contributed by atoms with E-state index in [1.165, 1.54) is 0 Å². The topological polar surface area (TPSA) is 34.1 Å². The standard InChI is InChI=1S/C21H20O2S/c22-24(23,20-14-8-3-9-15-20)21(19-12-6-2-7-13-19)17-16-18-10-4-1-5-11-18/h1-15,21H,16-17H2. The van der Waals surface area contributed by atoms with Crippen LogP contribution in [0.25, 0.3) is 0 Å². The maximum atomic E-state index is 13.2. The summed E-state index contributed by atoms with van der Waals surface area (Å²) in [5, 5.41) is -0.540. The normalized spacial score (nSPS) is 12.7. The van der Waals surface area contributed by atoms with Crippen molar-refractivity contribution in [3.05, 3.63) is 102 Å². The number of aryl methyl sites for hydroxylation is 1. The number of sulfone groups is 1. The molecule has 1 atom stereocenters. The van der Waals surface area contributed by atoms with Crippen molar-refractivity contribution >= 4 is 9.84 Å². The summed E-state index contributed by atoms with van der Waals surface area (Å²) < 4.78 is 26.3. The molecule has 0 aromatic heterocycles. The fourth-order valence-electron chi connectivity index (χ4n) is 2.89.